The highest BCUT2D eigenvalue weighted by atomic mass is 32.1. The zero-order valence-electron chi connectivity index (χ0n) is 9.17. The van der Waals surface area contributed by atoms with Gasteiger partial charge in [-0.3, -0.25) is 4.98 Å². The van der Waals surface area contributed by atoms with Gasteiger partial charge in [-0.25, -0.2) is 9.78 Å². The molecule has 2 heterocycles. The molecule has 2 aromatic heterocycles. The van der Waals surface area contributed by atoms with Crippen molar-refractivity contribution in [3.8, 4) is 0 Å². The summed E-state index contributed by atoms with van der Waals surface area (Å²) in [5.74, 6) is -0.990. The summed E-state index contributed by atoms with van der Waals surface area (Å²) in [4.78, 5) is 20.1. The summed E-state index contributed by atoms with van der Waals surface area (Å²) in [6.45, 7) is 2.50. The van der Waals surface area contributed by atoms with Crippen LogP contribution in [0.4, 0.5) is 5.69 Å². The maximum Gasteiger partial charge on any atom is 0.339 e. The molecule has 2 N–H and O–H groups in total. The number of carboxylic acid groups (broad SMARTS) is 1. The van der Waals surface area contributed by atoms with Crippen molar-refractivity contribution in [3.63, 3.8) is 0 Å². The second-order valence-corrected chi connectivity index (χ2v) is 4.76. The van der Waals surface area contributed by atoms with E-state index in [-0.39, 0.29) is 5.56 Å². The van der Waals surface area contributed by atoms with Crippen LogP contribution in [0.1, 0.15) is 20.2 Å². The molecule has 0 aliphatic rings. The summed E-state index contributed by atoms with van der Waals surface area (Å²) >= 11 is 1.58. The lowest BCUT2D eigenvalue weighted by atomic mass is 10.2. The average Bonchev–Trinajstić information content (AvgIpc) is 2.73. The molecule has 0 saturated heterocycles. The van der Waals surface area contributed by atoms with Crippen molar-refractivity contribution >= 4 is 23.0 Å². The van der Waals surface area contributed by atoms with Gasteiger partial charge in [-0.1, -0.05) is 0 Å². The van der Waals surface area contributed by atoms with E-state index >= 15 is 0 Å². The number of carboxylic acids is 1. The molecule has 0 bridgehead atoms. The van der Waals surface area contributed by atoms with Gasteiger partial charge < -0.3 is 10.4 Å². The summed E-state index contributed by atoms with van der Waals surface area (Å²) in [5.41, 5.74) is 0.723. The Hall–Kier alpha value is -1.95. The summed E-state index contributed by atoms with van der Waals surface area (Å²) in [5, 5.41) is 13.0. The minimum atomic E-state index is -0.990. The number of nitrogens with one attached hydrogen (secondary N) is 1. The molecule has 0 radical (unpaired) electrons. The molecule has 0 spiro atoms. The van der Waals surface area contributed by atoms with Gasteiger partial charge in [0.2, 0.25) is 0 Å². The van der Waals surface area contributed by atoms with Gasteiger partial charge in [-0.05, 0) is 13.0 Å². The number of carbonyl (C=O) groups is 1. The van der Waals surface area contributed by atoms with Gasteiger partial charge in [0.15, 0.2) is 0 Å². The number of anilines is 1. The second-order valence-electron chi connectivity index (χ2n) is 3.44. The summed E-state index contributed by atoms with van der Waals surface area (Å²) in [6.07, 6.45) is 4.69. The van der Waals surface area contributed by atoms with Crippen molar-refractivity contribution in [2.75, 3.05) is 5.32 Å². The number of aromatic nitrogens is 2. The number of hydrogen-bond acceptors (Lipinski definition) is 5. The lowest BCUT2D eigenvalue weighted by molar-refractivity contribution is 0.0697. The van der Waals surface area contributed by atoms with Crippen LogP contribution in [0.5, 0.6) is 0 Å². The fraction of sp³-hybridized carbons (Fsp3) is 0.182. The van der Waals surface area contributed by atoms with Gasteiger partial charge >= 0.3 is 5.97 Å². The number of rotatable bonds is 4. The van der Waals surface area contributed by atoms with Crippen LogP contribution in [0.15, 0.2) is 24.7 Å². The van der Waals surface area contributed by atoms with Crippen molar-refractivity contribution in [3.05, 3.63) is 40.1 Å². The molecule has 0 atom stereocenters. The topological polar surface area (TPSA) is 75.1 Å². The first-order chi connectivity index (χ1) is 8.16. The van der Waals surface area contributed by atoms with Crippen LogP contribution in [0.3, 0.4) is 0 Å². The SMILES string of the molecule is Cc1cnc(CNc2ccncc2C(=O)O)s1. The second kappa shape index (κ2) is 4.92. The Labute approximate surface area is 102 Å². The van der Waals surface area contributed by atoms with E-state index in [1.54, 1.807) is 29.8 Å². The Kier molecular flexibility index (Phi) is 3.34. The molecular weight excluding hydrogens is 238 g/mol. The molecule has 0 saturated carbocycles. The normalized spacial score (nSPS) is 10.2. The fourth-order valence-corrected chi connectivity index (χ4v) is 2.10. The first-order valence-corrected chi connectivity index (χ1v) is 5.81. The molecule has 17 heavy (non-hydrogen) atoms. The largest absolute Gasteiger partial charge is 0.478 e. The van der Waals surface area contributed by atoms with Crippen LogP contribution in [0.25, 0.3) is 0 Å². The third kappa shape index (κ3) is 2.79. The smallest absolute Gasteiger partial charge is 0.339 e. The highest BCUT2D eigenvalue weighted by Crippen LogP contribution is 2.17. The Bertz CT molecular complexity index is 539. The Morgan fingerprint density at radius 1 is 1.53 bits per heavy atom. The van der Waals surface area contributed by atoms with Gasteiger partial charge in [0.25, 0.3) is 0 Å². The Morgan fingerprint density at radius 2 is 2.35 bits per heavy atom. The van der Waals surface area contributed by atoms with E-state index in [2.05, 4.69) is 15.3 Å². The maximum atomic E-state index is 10.9. The van der Waals surface area contributed by atoms with E-state index in [4.69, 9.17) is 5.11 Å². The van der Waals surface area contributed by atoms with Crippen LogP contribution in [-0.2, 0) is 6.54 Å². The van der Waals surface area contributed by atoms with E-state index < -0.39 is 5.97 Å². The number of nitrogens with zero attached hydrogens (tertiary/aromatic N) is 2. The van der Waals surface area contributed by atoms with E-state index in [9.17, 15) is 4.79 Å². The highest BCUT2D eigenvalue weighted by molar-refractivity contribution is 7.11. The highest BCUT2D eigenvalue weighted by Gasteiger charge is 2.09. The van der Waals surface area contributed by atoms with Crippen LogP contribution in [-0.4, -0.2) is 21.0 Å². The maximum absolute atomic E-state index is 10.9. The van der Waals surface area contributed by atoms with Crippen molar-refractivity contribution in [2.45, 2.75) is 13.5 Å². The molecule has 2 rings (SSSR count). The molecule has 88 valence electrons. The minimum absolute atomic E-state index is 0.167. The molecule has 2 aromatic rings. The number of pyridine rings is 1. The summed E-state index contributed by atoms with van der Waals surface area (Å²) < 4.78 is 0. The zero-order valence-corrected chi connectivity index (χ0v) is 9.99. The third-order valence-corrected chi connectivity index (χ3v) is 3.06. The number of aromatic carboxylic acids is 1. The third-order valence-electron chi connectivity index (χ3n) is 2.15. The van der Waals surface area contributed by atoms with Crippen molar-refractivity contribution < 1.29 is 9.90 Å². The molecule has 0 amide bonds. The molecule has 0 aliphatic heterocycles. The standard InChI is InChI=1S/C11H11N3O2S/c1-7-4-14-10(17-7)6-13-9-2-3-12-5-8(9)11(15)16/h2-5H,6H2,1H3,(H,12,13)(H,15,16). The van der Waals surface area contributed by atoms with Gasteiger partial charge in [0.05, 0.1) is 12.2 Å². The van der Waals surface area contributed by atoms with Gasteiger partial charge in [-0.2, -0.15) is 0 Å². The van der Waals surface area contributed by atoms with E-state index in [0.29, 0.717) is 12.2 Å². The molecule has 0 aromatic carbocycles. The van der Waals surface area contributed by atoms with E-state index in [0.717, 1.165) is 9.88 Å². The van der Waals surface area contributed by atoms with E-state index in [1.165, 1.54) is 6.20 Å². The first kappa shape index (κ1) is 11.5. The number of hydrogen-bond donors (Lipinski definition) is 2. The molecular formula is C11H11N3O2S. The average molecular weight is 249 g/mol. The molecule has 0 unspecified atom stereocenters. The van der Waals surface area contributed by atoms with Gasteiger partial charge in [0.1, 0.15) is 10.6 Å². The van der Waals surface area contributed by atoms with Crippen LogP contribution < -0.4 is 5.32 Å². The van der Waals surface area contributed by atoms with Crippen LogP contribution in [0.2, 0.25) is 0 Å². The van der Waals surface area contributed by atoms with Crippen LogP contribution in [0, 0.1) is 6.92 Å². The Morgan fingerprint density at radius 3 is 3.00 bits per heavy atom. The van der Waals surface area contributed by atoms with Crippen molar-refractivity contribution in [1.82, 2.24) is 9.97 Å². The summed E-state index contributed by atoms with van der Waals surface area (Å²) in [6, 6.07) is 1.64. The quantitative estimate of drug-likeness (QED) is 0.868. The number of aryl methyl sites for hydroxylation is 1. The van der Waals surface area contributed by atoms with Gasteiger partial charge in [-0.15, -0.1) is 11.3 Å². The number of thiazole rings is 1. The van der Waals surface area contributed by atoms with E-state index in [1.807, 2.05) is 6.92 Å². The Balaban J connectivity index is 2.11. The lowest BCUT2D eigenvalue weighted by Crippen LogP contribution is -2.06. The minimum Gasteiger partial charge on any atom is -0.478 e. The molecule has 5 nitrogen and oxygen atoms in total. The molecule has 6 heteroatoms. The fourth-order valence-electron chi connectivity index (χ4n) is 1.37. The predicted octanol–water partition coefficient (Wildman–Crippen LogP) is 2.16. The zero-order chi connectivity index (χ0) is 12.3. The summed E-state index contributed by atoms with van der Waals surface area (Å²) in [7, 11) is 0. The predicted molar refractivity (Wildman–Crippen MR) is 65.4 cm³/mol. The molecule has 0 fully saturated rings. The molecule has 0 aliphatic carbocycles. The first-order valence-electron chi connectivity index (χ1n) is 4.99. The van der Waals surface area contributed by atoms with Crippen LogP contribution >= 0.6 is 11.3 Å². The lowest BCUT2D eigenvalue weighted by Gasteiger charge is -2.06. The monoisotopic (exact) mass is 249 g/mol. The van der Waals surface area contributed by atoms with Crippen molar-refractivity contribution in [2.24, 2.45) is 0 Å². The van der Waals surface area contributed by atoms with Crippen molar-refractivity contribution in [1.29, 1.82) is 0 Å². The van der Waals surface area contributed by atoms with Gasteiger partial charge in [0, 0.05) is 23.5 Å².